The summed E-state index contributed by atoms with van der Waals surface area (Å²) in [6.07, 6.45) is 0.923. The molecule has 21 heavy (non-hydrogen) atoms. The van der Waals surface area contributed by atoms with E-state index in [1.54, 1.807) is 0 Å². The Balaban J connectivity index is 2.28. The highest BCUT2D eigenvalue weighted by molar-refractivity contribution is 5.95. The van der Waals surface area contributed by atoms with Crippen molar-refractivity contribution >= 4 is 28.2 Å². The van der Waals surface area contributed by atoms with E-state index in [2.05, 4.69) is 15.6 Å². The van der Waals surface area contributed by atoms with E-state index >= 15 is 0 Å². The minimum absolute atomic E-state index is 0.0108. The number of carbonyl (C=O) groups excluding carboxylic acids is 1. The second kappa shape index (κ2) is 6.43. The molecule has 1 heterocycles. The maximum Gasteiger partial charge on any atom is 0.242 e. The number of nitrogen functional groups attached to an aromatic ring is 1. The Labute approximate surface area is 124 Å². The van der Waals surface area contributed by atoms with Crippen LogP contribution in [0.5, 0.6) is 0 Å². The van der Waals surface area contributed by atoms with Gasteiger partial charge in [0.2, 0.25) is 5.91 Å². The number of benzene rings is 1. The molecule has 1 aromatic carbocycles. The number of pyridine rings is 1. The molecule has 2 aromatic rings. The Morgan fingerprint density at radius 3 is 2.86 bits per heavy atom. The van der Waals surface area contributed by atoms with Crippen LogP contribution in [-0.4, -0.2) is 23.5 Å². The molecule has 1 atom stereocenters. The fourth-order valence-corrected chi connectivity index (χ4v) is 2.20. The van der Waals surface area contributed by atoms with Gasteiger partial charge in [0.15, 0.2) is 0 Å². The van der Waals surface area contributed by atoms with Gasteiger partial charge in [-0.05, 0) is 44.5 Å². The molecule has 0 fully saturated rings. The minimum atomic E-state index is -0.317. The smallest absolute Gasteiger partial charge is 0.242 e. The molecular formula is C16H22N4O. The molecule has 0 aliphatic rings. The predicted molar refractivity (Wildman–Crippen MR) is 87.3 cm³/mol. The summed E-state index contributed by atoms with van der Waals surface area (Å²) >= 11 is 0. The van der Waals surface area contributed by atoms with Crippen molar-refractivity contribution in [2.75, 3.05) is 17.6 Å². The Bertz CT molecular complexity index is 654. The molecule has 0 aliphatic heterocycles. The van der Waals surface area contributed by atoms with Gasteiger partial charge in [0, 0.05) is 29.0 Å². The normalized spacial score (nSPS) is 12.1. The highest BCUT2D eigenvalue weighted by Crippen LogP contribution is 2.25. The van der Waals surface area contributed by atoms with Crippen molar-refractivity contribution in [1.29, 1.82) is 0 Å². The number of aryl methyl sites for hydroxylation is 1. The summed E-state index contributed by atoms with van der Waals surface area (Å²) in [6.45, 7) is 6.50. The number of carbonyl (C=O) groups is 1. The van der Waals surface area contributed by atoms with Crippen molar-refractivity contribution in [3.8, 4) is 0 Å². The van der Waals surface area contributed by atoms with Gasteiger partial charge >= 0.3 is 0 Å². The number of nitrogens with zero attached hydrogens (tertiary/aromatic N) is 1. The van der Waals surface area contributed by atoms with E-state index < -0.39 is 0 Å². The van der Waals surface area contributed by atoms with Crippen molar-refractivity contribution in [3.63, 3.8) is 0 Å². The first-order valence-corrected chi connectivity index (χ1v) is 7.22. The Hall–Kier alpha value is -2.30. The average molecular weight is 286 g/mol. The summed E-state index contributed by atoms with van der Waals surface area (Å²) in [5.74, 6) is -0.0108. The highest BCUT2D eigenvalue weighted by Gasteiger charge is 2.14. The second-order valence-electron chi connectivity index (χ2n) is 5.24. The number of nitrogens with two attached hydrogens (primary N) is 1. The number of nitrogens with one attached hydrogen (secondary N) is 2. The lowest BCUT2D eigenvalue weighted by Crippen LogP contribution is -2.37. The lowest BCUT2D eigenvalue weighted by atomic mass is 10.1. The third kappa shape index (κ3) is 3.62. The molecule has 0 radical (unpaired) electrons. The van der Waals surface area contributed by atoms with E-state index in [4.69, 9.17) is 5.73 Å². The topological polar surface area (TPSA) is 80.0 Å². The zero-order valence-electron chi connectivity index (χ0n) is 12.7. The zero-order valence-corrected chi connectivity index (χ0v) is 12.7. The summed E-state index contributed by atoms with van der Waals surface area (Å²) in [6, 6.07) is 7.22. The summed E-state index contributed by atoms with van der Waals surface area (Å²) in [5, 5.41) is 7.07. The van der Waals surface area contributed by atoms with Gasteiger partial charge in [-0.1, -0.05) is 6.92 Å². The summed E-state index contributed by atoms with van der Waals surface area (Å²) in [4.78, 5) is 16.5. The van der Waals surface area contributed by atoms with Crippen LogP contribution in [0.1, 0.15) is 26.0 Å². The van der Waals surface area contributed by atoms with Crippen molar-refractivity contribution < 1.29 is 4.79 Å². The van der Waals surface area contributed by atoms with Gasteiger partial charge in [-0.3, -0.25) is 9.78 Å². The number of hydrogen-bond donors (Lipinski definition) is 3. The maximum atomic E-state index is 12.0. The first-order valence-electron chi connectivity index (χ1n) is 7.22. The van der Waals surface area contributed by atoms with Crippen LogP contribution in [0, 0.1) is 6.92 Å². The molecule has 1 amide bonds. The van der Waals surface area contributed by atoms with Crippen LogP contribution in [0.3, 0.4) is 0 Å². The number of aromatic nitrogens is 1. The molecular weight excluding hydrogens is 264 g/mol. The van der Waals surface area contributed by atoms with E-state index in [9.17, 15) is 4.79 Å². The van der Waals surface area contributed by atoms with Crippen LogP contribution in [0.2, 0.25) is 0 Å². The predicted octanol–water partition coefficient (Wildman–Crippen LogP) is 2.45. The van der Waals surface area contributed by atoms with E-state index in [-0.39, 0.29) is 11.9 Å². The fraction of sp³-hybridized carbons (Fsp3) is 0.375. The molecule has 0 aliphatic carbocycles. The van der Waals surface area contributed by atoms with E-state index in [0.29, 0.717) is 12.2 Å². The molecule has 0 saturated carbocycles. The Kier molecular flexibility index (Phi) is 4.62. The van der Waals surface area contributed by atoms with Crippen LogP contribution >= 0.6 is 0 Å². The monoisotopic (exact) mass is 286 g/mol. The van der Waals surface area contributed by atoms with E-state index in [1.807, 2.05) is 45.0 Å². The number of rotatable bonds is 5. The number of amides is 1. The lowest BCUT2D eigenvalue weighted by molar-refractivity contribution is -0.121. The van der Waals surface area contributed by atoms with Gasteiger partial charge in [-0.25, -0.2) is 0 Å². The Morgan fingerprint density at radius 2 is 2.14 bits per heavy atom. The average Bonchev–Trinajstić information content (AvgIpc) is 2.45. The van der Waals surface area contributed by atoms with Crippen LogP contribution in [-0.2, 0) is 4.79 Å². The van der Waals surface area contributed by atoms with Crippen LogP contribution in [0.4, 0.5) is 11.4 Å². The Morgan fingerprint density at radius 1 is 1.38 bits per heavy atom. The summed E-state index contributed by atoms with van der Waals surface area (Å²) in [7, 11) is 0. The highest BCUT2D eigenvalue weighted by atomic mass is 16.2. The molecule has 2 rings (SSSR count). The third-order valence-electron chi connectivity index (χ3n) is 3.28. The molecule has 0 saturated heterocycles. The second-order valence-corrected chi connectivity index (χ2v) is 5.24. The fourth-order valence-electron chi connectivity index (χ4n) is 2.20. The number of anilines is 2. The van der Waals surface area contributed by atoms with Gasteiger partial charge in [-0.2, -0.15) is 0 Å². The van der Waals surface area contributed by atoms with Crippen molar-refractivity contribution in [2.45, 2.75) is 33.2 Å². The standard InChI is InChI=1S/C16H22N4O/c1-4-7-18-16(21)11(3)20-15-8-10(2)19-14-6-5-12(17)9-13(14)15/h5-6,8-9,11H,4,7,17H2,1-3H3,(H,18,21)(H,19,20). The van der Waals surface area contributed by atoms with E-state index in [0.717, 1.165) is 28.7 Å². The van der Waals surface area contributed by atoms with Crippen molar-refractivity contribution in [2.24, 2.45) is 0 Å². The summed E-state index contributed by atoms with van der Waals surface area (Å²) < 4.78 is 0. The number of fused-ring (bicyclic) bond motifs is 1. The lowest BCUT2D eigenvalue weighted by Gasteiger charge is -2.17. The molecule has 0 bridgehead atoms. The third-order valence-corrected chi connectivity index (χ3v) is 3.28. The molecule has 5 heteroatoms. The number of hydrogen-bond acceptors (Lipinski definition) is 4. The van der Waals surface area contributed by atoms with Gasteiger partial charge in [0.25, 0.3) is 0 Å². The van der Waals surface area contributed by atoms with Gasteiger partial charge < -0.3 is 16.4 Å². The molecule has 4 N–H and O–H groups in total. The quantitative estimate of drug-likeness (QED) is 0.738. The molecule has 0 spiro atoms. The van der Waals surface area contributed by atoms with Gasteiger partial charge in [0.05, 0.1) is 5.52 Å². The van der Waals surface area contributed by atoms with Gasteiger partial charge in [0.1, 0.15) is 6.04 Å². The van der Waals surface area contributed by atoms with Crippen molar-refractivity contribution in [1.82, 2.24) is 10.3 Å². The molecule has 1 aromatic heterocycles. The maximum absolute atomic E-state index is 12.0. The minimum Gasteiger partial charge on any atom is -0.399 e. The SMILES string of the molecule is CCCNC(=O)C(C)Nc1cc(C)nc2ccc(N)cc12. The molecule has 1 unspecified atom stereocenters. The van der Waals surface area contributed by atoms with Crippen LogP contribution < -0.4 is 16.4 Å². The van der Waals surface area contributed by atoms with Crippen LogP contribution in [0.15, 0.2) is 24.3 Å². The zero-order chi connectivity index (χ0) is 15.4. The first-order chi connectivity index (χ1) is 10.0. The molecule has 112 valence electrons. The van der Waals surface area contributed by atoms with Gasteiger partial charge in [-0.15, -0.1) is 0 Å². The largest absolute Gasteiger partial charge is 0.399 e. The summed E-state index contributed by atoms with van der Waals surface area (Å²) in [5.41, 5.74) is 9.18. The molecule has 5 nitrogen and oxygen atoms in total. The first kappa shape index (κ1) is 15.1. The van der Waals surface area contributed by atoms with Crippen LogP contribution in [0.25, 0.3) is 10.9 Å². The van der Waals surface area contributed by atoms with Crippen molar-refractivity contribution in [3.05, 3.63) is 30.0 Å². The van der Waals surface area contributed by atoms with E-state index in [1.165, 1.54) is 0 Å².